The van der Waals surface area contributed by atoms with Crippen LogP contribution in [0.15, 0.2) is 4.99 Å². The molecule has 1 aliphatic heterocycles. The summed E-state index contributed by atoms with van der Waals surface area (Å²) in [5.41, 5.74) is 0.498. The molecule has 0 spiro atoms. The van der Waals surface area contributed by atoms with Crippen molar-refractivity contribution in [1.82, 2.24) is 14.5 Å². The molecule has 2 aliphatic carbocycles. The lowest BCUT2D eigenvalue weighted by atomic mass is 9.65. The monoisotopic (exact) mass is 528 g/mol. The Bertz CT molecular complexity index is 625. The van der Waals surface area contributed by atoms with Crippen molar-refractivity contribution >= 4 is 40.0 Å². The van der Waals surface area contributed by atoms with E-state index in [9.17, 15) is 8.42 Å². The predicted molar refractivity (Wildman–Crippen MR) is 124 cm³/mol. The van der Waals surface area contributed by atoms with Gasteiger partial charge in [0, 0.05) is 39.8 Å². The summed E-state index contributed by atoms with van der Waals surface area (Å²) in [5.74, 6) is 1.89. The second kappa shape index (κ2) is 10.3. The fourth-order valence-corrected chi connectivity index (χ4v) is 5.62. The smallest absolute Gasteiger partial charge is 0.216 e. The minimum absolute atomic E-state index is 0. The van der Waals surface area contributed by atoms with Gasteiger partial charge in [-0.3, -0.25) is 4.99 Å². The molecule has 0 aromatic rings. The summed E-state index contributed by atoms with van der Waals surface area (Å²) < 4.78 is 32.0. The second-order valence-electron chi connectivity index (χ2n) is 8.51. The average Bonchev–Trinajstić information content (AvgIpc) is 3.42. The fourth-order valence-electron chi connectivity index (χ4n) is 4.34. The van der Waals surface area contributed by atoms with Crippen molar-refractivity contribution in [2.75, 3.05) is 52.1 Å². The van der Waals surface area contributed by atoms with Crippen molar-refractivity contribution in [1.29, 1.82) is 0 Å². The molecule has 0 radical (unpaired) electrons. The Labute approximate surface area is 187 Å². The Kier molecular flexibility index (Phi) is 8.84. The number of ether oxygens (including phenoxy) is 1. The Morgan fingerprint density at radius 2 is 1.86 bits per heavy atom. The number of nitrogens with one attached hydrogen (secondary N) is 1. The molecule has 1 saturated heterocycles. The number of hydrogen-bond acceptors (Lipinski definition) is 4. The van der Waals surface area contributed by atoms with E-state index in [0.29, 0.717) is 31.6 Å². The standard InChI is InChI=1S/C19H36N4O3S.HI/c1-16(2)26-13-14-27(24,25)23-11-9-22(10-12-23)18(20-3)21-15-19(7-4-8-19)17-5-6-17;/h16-17H,4-15H2,1-3H3,(H,20,21);1H. The molecule has 2 saturated carbocycles. The minimum atomic E-state index is -3.25. The van der Waals surface area contributed by atoms with E-state index in [1.54, 1.807) is 4.31 Å². The predicted octanol–water partition coefficient (Wildman–Crippen LogP) is 2.13. The van der Waals surface area contributed by atoms with Crippen LogP contribution in [-0.4, -0.2) is 81.8 Å². The molecule has 1 heterocycles. The van der Waals surface area contributed by atoms with E-state index in [0.717, 1.165) is 18.4 Å². The lowest BCUT2D eigenvalue weighted by molar-refractivity contribution is 0.0904. The number of halogens is 1. The van der Waals surface area contributed by atoms with Crippen molar-refractivity contribution in [3.63, 3.8) is 0 Å². The minimum Gasteiger partial charge on any atom is -0.378 e. The van der Waals surface area contributed by atoms with Gasteiger partial charge in [0.1, 0.15) is 0 Å². The summed E-state index contributed by atoms with van der Waals surface area (Å²) in [5, 5.41) is 3.59. The van der Waals surface area contributed by atoms with Gasteiger partial charge in [-0.05, 0) is 50.9 Å². The van der Waals surface area contributed by atoms with Crippen LogP contribution in [0.3, 0.4) is 0 Å². The maximum absolute atomic E-state index is 12.5. The molecule has 164 valence electrons. The quantitative estimate of drug-likeness (QED) is 0.297. The van der Waals surface area contributed by atoms with Gasteiger partial charge in [-0.2, -0.15) is 4.31 Å². The van der Waals surface area contributed by atoms with Crippen LogP contribution < -0.4 is 5.32 Å². The molecule has 28 heavy (non-hydrogen) atoms. The fraction of sp³-hybridized carbons (Fsp3) is 0.947. The number of guanidine groups is 1. The molecule has 0 bridgehead atoms. The maximum atomic E-state index is 12.5. The molecule has 3 fully saturated rings. The third-order valence-electron chi connectivity index (χ3n) is 6.33. The maximum Gasteiger partial charge on any atom is 0.216 e. The molecule has 0 aromatic carbocycles. The highest BCUT2D eigenvalue weighted by Gasteiger charge is 2.49. The molecule has 9 heteroatoms. The highest BCUT2D eigenvalue weighted by atomic mass is 127. The molecule has 7 nitrogen and oxygen atoms in total. The lowest BCUT2D eigenvalue weighted by Crippen LogP contribution is -2.56. The van der Waals surface area contributed by atoms with E-state index in [2.05, 4.69) is 15.2 Å². The summed E-state index contributed by atoms with van der Waals surface area (Å²) in [4.78, 5) is 6.64. The zero-order valence-electron chi connectivity index (χ0n) is 17.5. The van der Waals surface area contributed by atoms with Crippen LogP contribution in [0.4, 0.5) is 0 Å². The first kappa shape index (κ1) is 24.1. The van der Waals surface area contributed by atoms with Crippen LogP contribution in [-0.2, 0) is 14.8 Å². The van der Waals surface area contributed by atoms with Gasteiger partial charge in [0.2, 0.25) is 10.0 Å². The van der Waals surface area contributed by atoms with Crippen molar-refractivity contribution < 1.29 is 13.2 Å². The van der Waals surface area contributed by atoms with Crippen molar-refractivity contribution in [3.8, 4) is 0 Å². The summed E-state index contributed by atoms with van der Waals surface area (Å²) in [6.45, 7) is 7.49. The van der Waals surface area contributed by atoms with E-state index in [1.165, 1.54) is 32.1 Å². The summed E-state index contributed by atoms with van der Waals surface area (Å²) in [7, 11) is -1.43. The molecular formula is C19H37IN4O3S. The first-order chi connectivity index (χ1) is 12.9. The number of aliphatic imine (C=N–C) groups is 1. The third kappa shape index (κ3) is 5.95. The Balaban J connectivity index is 0.00000280. The highest BCUT2D eigenvalue weighted by Crippen LogP contribution is 2.56. The lowest BCUT2D eigenvalue weighted by Gasteiger charge is -2.44. The first-order valence-corrected chi connectivity index (χ1v) is 12.0. The van der Waals surface area contributed by atoms with Crippen LogP contribution in [0.25, 0.3) is 0 Å². The van der Waals surface area contributed by atoms with E-state index in [4.69, 9.17) is 4.74 Å². The van der Waals surface area contributed by atoms with Crippen LogP contribution in [0.1, 0.15) is 46.0 Å². The molecule has 0 unspecified atom stereocenters. The zero-order valence-corrected chi connectivity index (χ0v) is 20.7. The average molecular weight is 529 g/mol. The van der Waals surface area contributed by atoms with E-state index < -0.39 is 10.0 Å². The van der Waals surface area contributed by atoms with Crippen LogP contribution in [0.5, 0.6) is 0 Å². The van der Waals surface area contributed by atoms with Crippen LogP contribution in [0.2, 0.25) is 0 Å². The Morgan fingerprint density at radius 3 is 2.32 bits per heavy atom. The Morgan fingerprint density at radius 1 is 1.21 bits per heavy atom. The number of piperazine rings is 1. The van der Waals surface area contributed by atoms with Gasteiger partial charge in [-0.15, -0.1) is 24.0 Å². The van der Waals surface area contributed by atoms with Gasteiger partial charge in [0.05, 0.1) is 18.5 Å². The third-order valence-corrected chi connectivity index (χ3v) is 8.16. The van der Waals surface area contributed by atoms with Crippen LogP contribution in [0, 0.1) is 11.3 Å². The molecular weight excluding hydrogens is 491 g/mol. The number of nitrogens with zero attached hydrogens (tertiary/aromatic N) is 3. The topological polar surface area (TPSA) is 74.2 Å². The van der Waals surface area contributed by atoms with E-state index >= 15 is 0 Å². The summed E-state index contributed by atoms with van der Waals surface area (Å²) in [6.07, 6.45) is 6.86. The van der Waals surface area contributed by atoms with Gasteiger partial charge in [0.25, 0.3) is 0 Å². The van der Waals surface area contributed by atoms with Gasteiger partial charge in [-0.25, -0.2) is 8.42 Å². The number of hydrogen-bond donors (Lipinski definition) is 1. The summed E-state index contributed by atoms with van der Waals surface area (Å²) in [6, 6.07) is 0. The number of rotatable bonds is 8. The van der Waals surface area contributed by atoms with Crippen molar-refractivity contribution in [2.24, 2.45) is 16.3 Å². The molecule has 0 aromatic heterocycles. The summed E-state index contributed by atoms with van der Waals surface area (Å²) >= 11 is 0. The Hall–Kier alpha value is -0.130. The van der Waals surface area contributed by atoms with Gasteiger partial charge < -0.3 is 15.0 Å². The SMILES string of the molecule is CN=C(NCC1(C2CC2)CCC1)N1CCN(S(=O)(=O)CCOC(C)C)CC1.I. The van der Waals surface area contributed by atoms with Crippen molar-refractivity contribution in [3.05, 3.63) is 0 Å². The number of sulfonamides is 1. The zero-order chi connectivity index (χ0) is 19.5. The van der Waals surface area contributed by atoms with E-state index in [-0.39, 0.29) is 42.4 Å². The van der Waals surface area contributed by atoms with Gasteiger partial charge in [-0.1, -0.05) is 6.42 Å². The molecule has 1 N–H and O–H groups in total. The van der Waals surface area contributed by atoms with E-state index in [1.807, 2.05) is 20.9 Å². The molecule has 3 aliphatic rings. The van der Waals surface area contributed by atoms with Gasteiger partial charge in [0.15, 0.2) is 5.96 Å². The van der Waals surface area contributed by atoms with Crippen molar-refractivity contribution in [2.45, 2.75) is 52.1 Å². The first-order valence-electron chi connectivity index (χ1n) is 10.4. The second-order valence-corrected chi connectivity index (χ2v) is 10.6. The molecule has 0 atom stereocenters. The normalized spacial score (nSPS) is 23.3. The highest BCUT2D eigenvalue weighted by molar-refractivity contribution is 14.0. The molecule has 0 amide bonds. The molecule has 3 rings (SSSR count). The largest absolute Gasteiger partial charge is 0.378 e. The van der Waals surface area contributed by atoms with Crippen LogP contribution >= 0.6 is 24.0 Å². The van der Waals surface area contributed by atoms with Gasteiger partial charge >= 0.3 is 0 Å².